The van der Waals surface area contributed by atoms with Gasteiger partial charge in [0.1, 0.15) is 11.7 Å². The van der Waals surface area contributed by atoms with Crippen molar-refractivity contribution >= 4 is 38.8 Å². The third kappa shape index (κ3) is 7.41. The second-order valence-electron chi connectivity index (χ2n) is 3.55. The molecule has 0 saturated heterocycles. The summed E-state index contributed by atoms with van der Waals surface area (Å²) in [6, 6.07) is 1.73. The molecule has 4 heteroatoms. The lowest BCUT2D eigenvalue weighted by molar-refractivity contribution is -0.130. The highest BCUT2D eigenvalue weighted by molar-refractivity contribution is 9.11. The molecule has 1 rings (SSSR count). The number of esters is 1. The standard InChI is InChI=1S/C21H5BrO2S/c1-3-5-7-9-11-13-16-24-21(23)19(14-12-10-8-6-4-2)18-15-17-25-20(18)22/h1,15,17H,2H2. The van der Waals surface area contributed by atoms with Gasteiger partial charge in [-0.15, -0.1) is 17.8 Å². The van der Waals surface area contributed by atoms with Gasteiger partial charge in [0.15, 0.2) is 0 Å². The number of carbonyl (C=O) groups excluding carboxylic acids is 1. The topological polar surface area (TPSA) is 26.3 Å². The number of carbonyl (C=O) groups is 1. The molecule has 2 nitrogen and oxygen atoms in total. The summed E-state index contributed by atoms with van der Waals surface area (Å²) >= 11 is 4.75. The predicted octanol–water partition coefficient (Wildman–Crippen LogP) is 3.60. The number of hydrogen-bond acceptors (Lipinski definition) is 3. The number of halogens is 1. The fraction of sp³-hybridized carbons (Fsp3) is 0. The summed E-state index contributed by atoms with van der Waals surface area (Å²) < 4.78 is 5.57. The minimum atomic E-state index is -0.722. The second-order valence-corrected chi connectivity index (χ2v) is 5.78. The Labute approximate surface area is 158 Å². The third-order valence-corrected chi connectivity index (χ3v) is 3.76. The van der Waals surface area contributed by atoms with Gasteiger partial charge in [-0.05, 0) is 80.4 Å². The van der Waals surface area contributed by atoms with Crippen molar-refractivity contribution in [2.45, 2.75) is 0 Å². The molecule has 25 heavy (non-hydrogen) atoms. The molecular weight excluding hydrogens is 396 g/mol. The quantitative estimate of drug-likeness (QED) is 0.328. The SMILES string of the molecule is C#CC#CC#CC#COC(=O)C(=C=C=C=C=C=C=C)c1ccsc1Br. The molecule has 0 unspecified atom stereocenters. The number of rotatable bonds is 2. The molecule has 0 aliphatic heterocycles. The first-order valence-corrected chi connectivity index (χ1v) is 7.93. The molecule has 0 fully saturated rings. The van der Waals surface area contributed by atoms with Crippen LogP contribution in [0.25, 0.3) is 5.57 Å². The van der Waals surface area contributed by atoms with Crippen LogP contribution in [0.3, 0.4) is 0 Å². The Kier molecular flexibility index (Phi) is 9.15. The van der Waals surface area contributed by atoms with Crippen LogP contribution in [0.5, 0.6) is 0 Å². The van der Waals surface area contributed by atoms with Crippen LogP contribution in [0.1, 0.15) is 5.56 Å². The Morgan fingerprint density at radius 3 is 2.52 bits per heavy atom. The van der Waals surface area contributed by atoms with Crippen molar-refractivity contribution in [2.75, 3.05) is 0 Å². The Morgan fingerprint density at radius 2 is 1.84 bits per heavy atom. The van der Waals surface area contributed by atoms with E-state index in [1.165, 1.54) is 11.3 Å². The number of hydrogen-bond donors (Lipinski definition) is 0. The summed E-state index contributed by atoms with van der Waals surface area (Å²) in [4.78, 5) is 12.2. The molecule has 1 aromatic heterocycles. The van der Waals surface area contributed by atoms with Crippen LogP contribution in [-0.2, 0) is 9.53 Å². The van der Waals surface area contributed by atoms with Gasteiger partial charge in [0.25, 0.3) is 0 Å². The molecule has 0 saturated carbocycles. The maximum Gasteiger partial charge on any atom is 0.361 e. The lowest BCUT2D eigenvalue weighted by atomic mass is 10.1. The van der Waals surface area contributed by atoms with Crippen LogP contribution >= 0.6 is 27.3 Å². The minimum absolute atomic E-state index is 0.111. The average Bonchev–Trinajstić information content (AvgIpc) is 3.03. The fourth-order valence-corrected chi connectivity index (χ4v) is 2.45. The molecule has 114 valence electrons. The summed E-state index contributed by atoms with van der Waals surface area (Å²) in [6.45, 7) is 3.32. The summed E-state index contributed by atoms with van der Waals surface area (Å²) in [5.74, 6) is 13.1. The monoisotopic (exact) mass is 400 g/mol. The second kappa shape index (κ2) is 11.8. The van der Waals surface area contributed by atoms with Crippen molar-refractivity contribution in [2.24, 2.45) is 0 Å². The van der Waals surface area contributed by atoms with E-state index >= 15 is 0 Å². The van der Waals surface area contributed by atoms with E-state index < -0.39 is 5.97 Å². The van der Waals surface area contributed by atoms with Crippen molar-refractivity contribution in [3.8, 4) is 48.1 Å². The molecule has 0 atom stereocenters. The van der Waals surface area contributed by atoms with Gasteiger partial charge in [-0.2, -0.15) is 0 Å². The molecule has 0 aromatic carbocycles. The highest BCUT2D eigenvalue weighted by Crippen LogP contribution is 2.29. The van der Waals surface area contributed by atoms with E-state index in [-0.39, 0.29) is 5.57 Å². The summed E-state index contributed by atoms with van der Waals surface area (Å²) in [5, 5.41) is 1.80. The number of ether oxygens (including phenoxy) is 1. The maximum absolute atomic E-state index is 12.2. The summed E-state index contributed by atoms with van der Waals surface area (Å²) in [6.07, 6.45) is 7.11. The first-order chi connectivity index (χ1) is 12.2. The van der Waals surface area contributed by atoms with Crippen LogP contribution < -0.4 is 0 Å². The van der Waals surface area contributed by atoms with E-state index in [0.29, 0.717) is 5.56 Å². The van der Waals surface area contributed by atoms with Gasteiger partial charge in [-0.25, -0.2) is 4.79 Å². The van der Waals surface area contributed by atoms with Crippen LogP contribution in [-0.4, -0.2) is 5.97 Å². The largest absolute Gasteiger partial charge is 0.367 e. The van der Waals surface area contributed by atoms with E-state index in [9.17, 15) is 4.79 Å². The van der Waals surface area contributed by atoms with Gasteiger partial charge in [-0.1, -0.05) is 5.73 Å². The Morgan fingerprint density at radius 1 is 1.12 bits per heavy atom. The summed E-state index contributed by atoms with van der Waals surface area (Å²) in [5.41, 5.74) is 15.7. The van der Waals surface area contributed by atoms with Crippen LogP contribution in [0.2, 0.25) is 0 Å². The van der Waals surface area contributed by atoms with E-state index in [0.717, 1.165) is 3.79 Å². The molecule has 1 heterocycles. The maximum atomic E-state index is 12.2. The molecule has 0 radical (unpaired) electrons. The van der Waals surface area contributed by atoms with Crippen LogP contribution in [0.15, 0.2) is 56.2 Å². The van der Waals surface area contributed by atoms with Crippen molar-refractivity contribution in [3.05, 3.63) is 61.8 Å². The predicted molar refractivity (Wildman–Crippen MR) is 100 cm³/mol. The first kappa shape index (κ1) is 19.4. The molecular formula is C21H5BrO2S. The molecule has 1 aromatic rings. The molecule has 0 aliphatic rings. The Balaban J connectivity index is 3.21. The van der Waals surface area contributed by atoms with Crippen molar-refractivity contribution in [1.29, 1.82) is 0 Å². The first-order valence-electron chi connectivity index (χ1n) is 6.26. The van der Waals surface area contributed by atoms with E-state index in [1.54, 1.807) is 11.4 Å². The fourth-order valence-electron chi connectivity index (χ4n) is 1.18. The zero-order valence-electron chi connectivity index (χ0n) is 12.5. The Bertz CT molecular complexity index is 1150. The van der Waals surface area contributed by atoms with Gasteiger partial charge in [-0.3, -0.25) is 0 Å². The van der Waals surface area contributed by atoms with Crippen molar-refractivity contribution < 1.29 is 9.53 Å². The van der Waals surface area contributed by atoms with Crippen LogP contribution in [0, 0.1) is 48.1 Å². The average molecular weight is 401 g/mol. The number of thiophene rings is 1. The lowest BCUT2D eigenvalue weighted by Crippen LogP contribution is -2.02. The molecule has 0 N–H and O–H groups in total. The van der Waals surface area contributed by atoms with Crippen molar-refractivity contribution in [3.63, 3.8) is 0 Å². The van der Waals surface area contributed by atoms with Gasteiger partial charge in [0, 0.05) is 23.3 Å². The van der Waals surface area contributed by atoms with E-state index in [1.807, 2.05) is 0 Å². The smallest absolute Gasteiger partial charge is 0.361 e. The van der Waals surface area contributed by atoms with Gasteiger partial charge in [0.05, 0.1) is 3.79 Å². The highest BCUT2D eigenvalue weighted by atomic mass is 79.9. The zero-order chi connectivity index (χ0) is 18.3. The van der Waals surface area contributed by atoms with Gasteiger partial charge < -0.3 is 4.74 Å². The highest BCUT2D eigenvalue weighted by Gasteiger charge is 2.16. The molecule has 0 bridgehead atoms. The van der Waals surface area contributed by atoms with Gasteiger partial charge >= 0.3 is 5.97 Å². The van der Waals surface area contributed by atoms with Crippen molar-refractivity contribution in [1.82, 2.24) is 0 Å². The number of terminal acetylenes is 1. The Hall–Kier alpha value is -3.69. The summed E-state index contributed by atoms with van der Waals surface area (Å²) in [7, 11) is 0. The zero-order valence-corrected chi connectivity index (χ0v) is 14.9. The third-order valence-electron chi connectivity index (χ3n) is 2.07. The molecule has 0 spiro atoms. The molecule has 0 aliphatic carbocycles. The minimum Gasteiger partial charge on any atom is -0.367 e. The van der Waals surface area contributed by atoms with Crippen LogP contribution in [0.4, 0.5) is 0 Å². The normalized spacial score (nSPS) is 6.56. The van der Waals surface area contributed by atoms with E-state index in [4.69, 9.17) is 11.2 Å². The van der Waals surface area contributed by atoms with Gasteiger partial charge in [0.2, 0.25) is 0 Å². The molecule has 0 amide bonds. The lowest BCUT2D eigenvalue weighted by Gasteiger charge is -1.98. The van der Waals surface area contributed by atoms with E-state index in [2.05, 4.69) is 98.5 Å².